The maximum absolute atomic E-state index is 5.80. The Morgan fingerprint density at radius 1 is 1.21 bits per heavy atom. The summed E-state index contributed by atoms with van der Waals surface area (Å²) < 4.78 is 11.2. The molecule has 0 atom stereocenters. The van der Waals surface area contributed by atoms with E-state index >= 15 is 0 Å². The van der Waals surface area contributed by atoms with Crippen LogP contribution < -0.4 is 15.2 Å². The normalized spacial score (nSPS) is 10.3. The van der Waals surface area contributed by atoms with E-state index in [2.05, 4.69) is 4.98 Å². The minimum Gasteiger partial charge on any atom is -0.494 e. The monoisotopic (exact) mass is 258 g/mol. The van der Waals surface area contributed by atoms with Crippen LogP contribution in [0.15, 0.2) is 36.5 Å². The summed E-state index contributed by atoms with van der Waals surface area (Å²) in [4.78, 5) is 4.24. The summed E-state index contributed by atoms with van der Waals surface area (Å²) in [6.07, 6.45) is 1.72. The Morgan fingerprint density at radius 2 is 2.00 bits per heavy atom. The lowest BCUT2D eigenvalue weighted by molar-refractivity contribution is 0.338. The predicted molar refractivity (Wildman–Crippen MR) is 74.6 cm³/mol. The minimum absolute atomic E-state index is 0.403. The first-order chi connectivity index (χ1) is 9.24. The molecule has 0 bridgehead atoms. The van der Waals surface area contributed by atoms with Crippen molar-refractivity contribution < 1.29 is 9.47 Å². The fourth-order valence-corrected chi connectivity index (χ4v) is 1.81. The van der Waals surface area contributed by atoms with E-state index in [1.807, 2.05) is 44.2 Å². The van der Waals surface area contributed by atoms with E-state index in [0.717, 1.165) is 16.9 Å². The molecule has 0 radical (unpaired) electrons. The van der Waals surface area contributed by atoms with Gasteiger partial charge in [0.25, 0.3) is 0 Å². The van der Waals surface area contributed by atoms with Gasteiger partial charge < -0.3 is 15.2 Å². The van der Waals surface area contributed by atoms with Gasteiger partial charge in [0, 0.05) is 24.4 Å². The third-order valence-electron chi connectivity index (χ3n) is 2.79. The molecule has 0 amide bonds. The highest BCUT2D eigenvalue weighted by atomic mass is 16.5. The third kappa shape index (κ3) is 3.23. The Kier molecular flexibility index (Phi) is 4.36. The first-order valence-electron chi connectivity index (χ1n) is 6.30. The zero-order valence-electron chi connectivity index (χ0n) is 11.2. The second-order valence-electron chi connectivity index (χ2n) is 4.13. The van der Waals surface area contributed by atoms with Gasteiger partial charge >= 0.3 is 0 Å². The molecule has 4 nitrogen and oxygen atoms in total. The van der Waals surface area contributed by atoms with Gasteiger partial charge in [-0.25, -0.2) is 4.98 Å². The highest BCUT2D eigenvalue weighted by Gasteiger charge is 2.08. The van der Waals surface area contributed by atoms with Crippen molar-refractivity contribution in [1.29, 1.82) is 0 Å². The highest BCUT2D eigenvalue weighted by Crippen LogP contribution is 2.27. The summed E-state index contributed by atoms with van der Waals surface area (Å²) in [5.41, 5.74) is 7.74. The van der Waals surface area contributed by atoms with E-state index in [1.165, 1.54) is 0 Å². The molecule has 2 N–H and O–H groups in total. The number of benzene rings is 1. The van der Waals surface area contributed by atoms with Crippen molar-refractivity contribution in [2.45, 2.75) is 20.4 Å². The Bertz CT molecular complexity index is 556. The van der Waals surface area contributed by atoms with E-state index in [1.54, 1.807) is 6.20 Å². The summed E-state index contributed by atoms with van der Waals surface area (Å²) >= 11 is 0. The first-order valence-corrected chi connectivity index (χ1v) is 6.30. The fourth-order valence-electron chi connectivity index (χ4n) is 1.81. The SMILES string of the molecule is CCOc1cccc(Oc2nccc(C)c2CN)c1. The van der Waals surface area contributed by atoms with Crippen molar-refractivity contribution in [2.75, 3.05) is 6.61 Å². The van der Waals surface area contributed by atoms with Crippen LogP contribution in [0.2, 0.25) is 0 Å². The van der Waals surface area contributed by atoms with Crippen LogP contribution in [0.3, 0.4) is 0 Å². The number of aryl methyl sites for hydroxylation is 1. The van der Waals surface area contributed by atoms with E-state index in [9.17, 15) is 0 Å². The lowest BCUT2D eigenvalue weighted by Crippen LogP contribution is -2.03. The Hall–Kier alpha value is -2.07. The topological polar surface area (TPSA) is 57.4 Å². The summed E-state index contributed by atoms with van der Waals surface area (Å²) in [7, 11) is 0. The highest BCUT2D eigenvalue weighted by molar-refractivity contribution is 5.39. The molecule has 1 aromatic heterocycles. The van der Waals surface area contributed by atoms with Gasteiger partial charge in [-0.3, -0.25) is 0 Å². The second kappa shape index (κ2) is 6.20. The number of nitrogens with zero attached hydrogens (tertiary/aromatic N) is 1. The summed E-state index contributed by atoms with van der Waals surface area (Å²) in [5.74, 6) is 2.02. The van der Waals surface area contributed by atoms with Crippen LogP contribution in [-0.2, 0) is 6.54 Å². The van der Waals surface area contributed by atoms with Crippen LogP contribution in [0, 0.1) is 6.92 Å². The van der Waals surface area contributed by atoms with E-state index < -0.39 is 0 Å². The minimum atomic E-state index is 0.403. The molecular formula is C15H18N2O2. The number of hydrogen-bond donors (Lipinski definition) is 1. The molecule has 2 rings (SSSR count). The molecule has 2 aromatic rings. The smallest absolute Gasteiger partial charge is 0.223 e. The van der Waals surface area contributed by atoms with Gasteiger partial charge in [0.15, 0.2) is 0 Å². The summed E-state index contributed by atoms with van der Waals surface area (Å²) in [6, 6.07) is 9.41. The van der Waals surface area contributed by atoms with Gasteiger partial charge in [-0.15, -0.1) is 0 Å². The molecule has 0 saturated heterocycles. The summed E-state index contributed by atoms with van der Waals surface area (Å²) in [6.45, 7) is 4.97. The molecule has 0 saturated carbocycles. The quantitative estimate of drug-likeness (QED) is 0.895. The van der Waals surface area contributed by atoms with Gasteiger partial charge in [-0.05, 0) is 37.6 Å². The molecule has 0 unspecified atom stereocenters. The number of pyridine rings is 1. The molecule has 0 aliphatic carbocycles. The number of hydrogen-bond acceptors (Lipinski definition) is 4. The van der Waals surface area contributed by atoms with Crippen molar-refractivity contribution in [3.63, 3.8) is 0 Å². The Balaban J connectivity index is 2.26. The third-order valence-corrected chi connectivity index (χ3v) is 2.79. The Labute approximate surface area is 113 Å². The molecule has 4 heteroatoms. The molecule has 100 valence electrons. The number of rotatable bonds is 5. The van der Waals surface area contributed by atoms with Crippen molar-refractivity contribution in [3.05, 3.63) is 47.7 Å². The standard InChI is InChI=1S/C15H18N2O2/c1-3-18-12-5-4-6-13(9-12)19-15-14(10-16)11(2)7-8-17-15/h4-9H,3,10,16H2,1-2H3. The average molecular weight is 258 g/mol. The van der Waals surface area contributed by atoms with E-state index in [4.69, 9.17) is 15.2 Å². The predicted octanol–water partition coefficient (Wildman–Crippen LogP) is 3.04. The van der Waals surface area contributed by atoms with Crippen molar-refractivity contribution in [1.82, 2.24) is 4.98 Å². The molecule has 1 aromatic carbocycles. The lowest BCUT2D eigenvalue weighted by Gasteiger charge is -2.11. The Morgan fingerprint density at radius 3 is 2.74 bits per heavy atom. The molecule has 0 aliphatic heterocycles. The van der Waals surface area contributed by atoms with Crippen LogP contribution in [0.1, 0.15) is 18.1 Å². The van der Waals surface area contributed by atoms with Crippen LogP contribution in [-0.4, -0.2) is 11.6 Å². The van der Waals surface area contributed by atoms with Crippen LogP contribution in [0.4, 0.5) is 0 Å². The van der Waals surface area contributed by atoms with Crippen molar-refractivity contribution in [3.8, 4) is 17.4 Å². The van der Waals surface area contributed by atoms with Crippen LogP contribution in [0.25, 0.3) is 0 Å². The van der Waals surface area contributed by atoms with Crippen LogP contribution in [0.5, 0.6) is 17.4 Å². The zero-order valence-corrected chi connectivity index (χ0v) is 11.2. The maximum atomic E-state index is 5.80. The largest absolute Gasteiger partial charge is 0.494 e. The molecule has 19 heavy (non-hydrogen) atoms. The van der Waals surface area contributed by atoms with Gasteiger partial charge in [0.2, 0.25) is 5.88 Å². The zero-order chi connectivity index (χ0) is 13.7. The van der Waals surface area contributed by atoms with E-state index in [0.29, 0.717) is 24.8 Å². The lowest BCUT2D eigenvalue weighted by atomic mass is 10.1. The first kappa shape index (κ1) is 13.4. The second-order valence-corrected chi connectivity index (χ2v) is 4.13. The van der Waals surface area contributed by atoms with Gasteiger partial charge in [-0.1, -0.05) is 6.07 Å². The molecule has 1 heterocycles. The molecular weight excluding hydrogens is 240 g/mol. The van der Waals surface area contributed by atoms with Gasteiger partial charge in [-0.2, -0.15) is 0 Å². The molecule has 0 aliphatic rings. The molecule has 0 fully saturated rings. The number of ether oxygens (including phenoxy) is 2. The van der Waals surface area contributed by atoms with Crippen molar-refractivity contribution in [2.24, 2.45) is 5.73 Å². The maximum Gasteiger partial charge on any atom is 0.223 e. The fraction of sp³-hybridized carbons (Fsp3) is 0.267. The van der Waals surface area contributed by atoms with E-state index in [-0.39, 0.29) is 0 Å². The molecule has 0 spiro atoms. The number of aromatic nitrogens is 1. The average Bonchev–Trinajstić information content (AvgIpc) is 2.40. The van der Waals surface area contributed by atoms with Crippen molar-refractivity contribution >= 4 is 0 Å². The number of nitrogens with two attached hydrogens (primary N) is 1. The van der Waals surface area contributed by atoms with Crippen LogP contribution >= 0.6 is 0 Å². The van der Waals surface area contributed by atoms with Gasteiger partial charge in [0.1, 0.15) is 11.5 Å². The summed E-state index contributed by atoms with van der Waals surface area (Å²) in [5, 5.41) is 0. The van der Waals surface area contributed by atoms with Gasteiger partial charge in [0.05, 0.1) is 6.61 Å².